The summed E-state index contributed by atoms with van der Waals surface area (Å²) in [5.41, 5.74) is 3.22. The summed E-state index contributed by atoms with van der Waals surface area (Å²) in [6.07, 6.45) is 1.76. The molecule has 2 bridgehead atoms. The molecule has 4 rings (SSSR count). The molecule has 0 aromatic heterocycles. The van der Waals surface area contributed by atoms with Crippen LogP contribution in [-0.4, -0.2) is 23.9 Å². The molecule has 140 valence electrons. The van der Waals surface area contributed by atoms with Crippen LogP contribution in [0.4, 0.5) is 5.69 Å². The van der Waals surface area contributed by atoms with Crippen molar-refractivity contribution in [2.24, 2.45) is 0 Å². The molecule has 1 fully saturated rings. The predicted molar refractivity (Wildman–Crippen MR) is 108 cm³/mol. The van der Waals surface area contributed by atoms with E-state index in [0.717, 1.165) is 29.8 Å². The van der Waals surface area contributed by atoms with Crippen LogP contribution in [0.25, 0.3) is 0 Å². The topological polar surface area (TPSA) is 50.8 Å². The molecule has 0 amide bonds. The third kappa shape index (κ3) is 2.94. The summed E-state index contributed by atoms with van der Waals surface area (Å²) in [6, 6.07) is 13.7. The first kappa shape index (κ1) is 17.8. The van der Waals surface area contributed by atoms with Crippen molar-refractivity contribution in [3.63, 3.8) is 0 Å². The molecule has 2 aromatic carbocycles. The standard InChI is InChI=1S/C21H22N2O3S/c1-4-13-5-10-18-16(11-13)17-12-21(2,26-18)23(20(27)22-17)15-8-6-14(7-9-15)19(24)25-3/h5-11,17H,4,12H2,1-3H3,(H,22,27). The Hall–Kier alpha value is -2.60. The molecular formula is C21H22N2O3S. The van der Waals surface area contributed by atoms with Crippen molar-refractivity contribution in [2.75, 3.05) is 12.0 Å². The van der Waals surface area contributed by atoms with Gasteiger partial charge in [0.2, 0.25) is 0 Å². The van der Waals surface area contributed by atoms with Crippen molar-refractivity contribution < 1.29 is 14.3 Å². The van der Waals surface area contributed by atoms with Crippen molar-refractivity contribution in [3.05, 3.63) is 59.2 Å². The number of hydrogen-bond donors (Lipinski definition) is 1. The number of carbonyl (C=O) groups is 1. The number of anilines is 1. The van der Waals surface area contributed by atoms with Gasteiger partial charge in [-0.3, -0.25) is 4.90 Å². The zero-order valence-corrected chi connectivity index (χ0v) is 16.4. The molecule has 6 heteroatoms. The molecule has 1 N–H and O–H groups in total. The number of thiocarbonyl (C=S) groups is 1. The van der Waals surface area contributed by atoms with Gasteiger partial charge in [-0.15, -0.1) is 0 Å². The van der Waals surface area contributed by atoms with Crippen LogP contribution in [0.5, 0.6) is 5.75 Å². The number of fused-ring (bicyclic) bond motifs is 4. The van der Waals surface area contributed by atoms with E-state index in [1.807, 2.05) is 23.1 Å². The summed E-state index contributed by atoms with van der Waals surface area (Å²) >= 11 is 5.68. The Morgan fingerprint density at radius 1 is 1.33 bits per heavy atom. The molecule has 0 aliphatic carbocycles. The highest BCUT2D eigenvalue weighted by Gasteiger charge is 2.48. The summed E-state index contributed by atoms with van der Waals surface area (Å²) < 4.78 is 11.2. The van der Waals surface area contributed by atoms with Crippen LogP contribution in [0, 0.1) is 0 Å². The van der Waals surface area contributed by atoms with E-state index in [2.05, 4.69) is 31.3 Å². The second-order valence-electron chi connectivity index (χ2n) is 7.08. The van der Waals surface area contributed by atoms with Gasteiger partial charge < -0.3 is 14.8 Å². The molecule has 2 aliphatic rings. The number of aryl methyl sites for hydroxylation is 1. The lowest BCUT2D eigenvalue weighted by Gasteiger charge is -2.52. The van der Waals surface area contributed by atoms with E-state index in [4.69, 9.17) is 21.7 Å². The number of esters is 1. The van der Waals surface area contributed by atoms with Gasteiger partial charge in [-0.05, 0) is 61.5 Å². The highest BCUT2D eigenvalue weighted by atomic mass is 32.1. The van der Waals surface area contributed by atoms with Gasteiger partial charge >= 0.3 is 5.97 Å². The number of carbonyl (C=O) groups excluding carboxylic acids is 1. The number of nitrogens with zero attached hydrogens (tertiary/aromatic N) is 1. The lowest BCUT2D eigenvalue weighted by atomic mass is 9.89. The number of hydrogen-bond acceptors (Lipinski definition) is 4. The molecule has 0 spiro atoms. The van der Waals surface area contributed by atoms with Gasteiger partial charge in [0.25, 0.3) is 0 Å². The van der Waals surface area contributed by atoms with Gasteiger partial charge in [-0.2, -0.15) is 0 Å². The minimum absolute atomic E-state index is 0.128. The summed E-state index contributed by atoms with van der Waals surface area (Å²) in [5, 5.41) is 4.08. The van der Waals surface area contributed by atoms with E-state index in [0.29, 0.717) is 10.7 Å². The number of benzene rings is 2. The minimum Gasteiger partial charge on any atom is -0.467 e. The average molecular weight is 382 g/mol. The summed E-state index contributed by atoms with van der Waals surface area (Å²) in [5.74, 6) is 0.527. The minimum atomic E-state index is -0.597. The Kier molecular flexibility index (Phi) is 4.30. The monoisotopic (exact) mass is 382 g/mol. The van der Waals surface area contributed by atoms with Crippen LogP contribution in [0.15, 0.2) is 42.5 Å². The number of nitrogens with one attached hydrogen (secondary N) is 1. The molecule has 27 heavy (non-hydrogen) atoms. The largest absolute Gasteiger partial charge is 0.467 e. The molecule has 0 radical (unpaired) electrons. The van der Waals surface area contributed by atoms with Gasteiger partial charge in [0.15, 0.2) is 10.8 Å². The van der Waals surface area contributed by atoms with E-state index in [1.165, 1.54) is 12.7 Å². The number of rotatable bonds is 3. The van der Waals surface area contributed by atoms with Crippen LogP contribution in [0.1, 0.15) is 47.8 Å². The fourth-order valence-electron chi connectivity index (χ4n) is 3.90. The van der Waals surface area contributed by atoms with E-state index < -0.39 is 5.72 Å². The van der Waals surface area contributed by atoms with Crippen molar-refractivity contribution >= 4 is 29.0 Å². The van der Waals surface area contributed by atoms with Crippen molar-refractivity contribution in [1.82, 2.24) is 5.32 Å². The van der Waals surface area contributed by atoms with E-state index >= 15 is 0 Å². The van der Waals surface area contributed by atoms with Gasteiger partial charge in [0, 0.05) is 17.7 Å². The molecule has 2 unspecified atom stereocenters. The lowest BCUT2D eigenvalue weighted by Crippen LogP contribution is -2.65. The number of methoxy groups -OCH3 is 1. The molecule has 1 saturated heterocycles. The first-order chi connectivity index (χ1) is 12.9. The zero-order valence-electron chi connectivity index (χ0n) is 15.6. The average Bonchev–Trinajstić information content (AvgIpc) is 2.67. The van der Waals surface area contributed by atoms with Crippen molar-refractivity contribution in [1.29, 1.82) is 0 Å². The maximum Gasteiger partial charge on any atom is 0.337 e. The van der Waals surface area contributed by atoms with E-state index in [-0.39, 0.29) is 12.0 Å². The quantitative estimate of drug-likeness (QED) is 0.640. The Labute approximate surface area is 164 Å². The van der Waals surface area contributed by atoms with Gasteiger partial charge in [0.1, 0.15) is 5.75 Å². The fraction of sp³-hybridized carbons (Fsp3) is 0.333. The van der Waals surface area contributed by atoms with Crippen molar-refractivity contribution in [2.45, 2.75) is 38.5 Å². The van der Waals surface area contributed by atoms with Gasteiger partial charge in [0.05, 0.1) is 18.7 Å². The normalized spacial score (nSPS) is 23.1. The maximum absolute atomic E-state index is 11.7. The number of ether oxygens (including phenoxy) is 2. The smallest absolute Gasteiger partial charge is 0.337 e. The summed E-state index contributed by atoms with van der Waals surface area (Å²) in [6.45, 7) is 4.20. The van der Waals surface area contributed by atoms with E-state index in [9.17, 15) is 4.79 Å². The zero-order chi connectivity index (χ0) is 19.2. The Morgan fingerprint density at radius 2 is 2.07 bits per heavy atom. The van der Waals surface area contributed by atoms with Crippen LogP contribution < -0.4 is 15.0 Å². The van der Waals surface area contributed by atoms with Gasteiger partial charge in [-0.1, -0.05) is 19.1 Å². The Bertz CT molecular complexity index is 912. The van der Waals surface area contributed by atoms with Crippen molar-refractivity contribution in [3.8, 4) is 5.75 Å². The van der Waals surface area contributed by atoms with Crippen LogP contribution in [0.3, 0.4) is 0 Å². The third-order valence-electron chi connectivity index (χ3n) is 5.29. The first-order valence-electron chi connectivity index (χ1n) is 9.06. The molecule has 2 atom stereocenters. The van der Waals surface area contributed by atoms with Crippen LogP contribution in [-0.2, 0) is 11.2 Å². The first-order valence-corrected chi connectivity index (χ1v) is 9.47. The Balaban J connectivity index is 1.70. The van der Waals surface area contributed by atoms with Crippen LogP contribution in [0.2, 0.25) is 0 Å². The highest BCUT2D eigenvalue weighted by Crippen LogP contribution is 2.45. The summed E-state index contributed by atoms with van der Waals surface area (Å²) in [7, 11) is 1.37. The molecule has 0 saturated carbocycles. The maximum atomic E-state index is 11.7. The second kappa shape index (κ2) is 6.53. The highest BCUT2D eigenvalue weighted by molar-refractivity contribution is 7.80. The lowest BCUT2D eigenvalue weighted by molar-refractivity contribution is 0.0497. The predicted octanol–water partition coefficient (Wildman–Crippen LogP) is 3.97. The Morgan fingerprint density at radius 3 is 2.74 bits per heavy atom. The molecule has 5 nitrogen and oxygen atoms in total. The molecular weight excluding hydrogens is 360 g/mol. The third-order valence-corrected chi connectivity index (χ3v) is 5.59. The summed E-state index contributed by atoms with van der Waals surface area (Å²) in [4.78, 5) is 13.7. The van der Waals surface area contributed by atoms with E-state index in [1.54, 1.807) is 12.1 Å². The fourth-order valence-corrected chi connectivity index (χ4v) is 4.34. The molecule has 2 aliphatic heterocycles. The van der Waals surface area contributed by atoms with Crippen LogP contribution >= 0.6 is 12.2 Å². The molecule has 2 aromatic rings. The second-order valence-corrected chi connectivity index (χ2v) is 7.47. The molecule has 2 heterocycles. The SMILES string of the molecule is CCc1ccc2c(c1)C1CC(C)(O2)N(c2ccc(C(=O)OC)cc2)C(=S)N1. The van der Waals surface area contributed by atoms with Gasteiger partial charge in [-0.25, -0.2) is 4.79 Å².